The zero-order valence-corrected chi connectivity index (χ0v) is 21.3. The standard InChI is InChI=1S/C29H37N3O2/c1-28(2)21-12-7-9-14-23(21)31(5)25(28)16-11-17-26-29(3,4)22-13-8-10-15-24(22)32(26)20-27(33)30-18-19-34-6/h7-17,26H,18-20H2,1-6H3,(H,30,33)/b17-11+,25-16+. The summed E-state index contributed by atoms with van der Waals surface area (Å²) in [4.78, 5) is 17.2. The molecule has 1 atom stereocenters. The molecule has 4 rings (SSSR count). The summed E-state index contributed by atoms with van der Waals surface area (Å²) < 4.78 is 5.07. The molecule has 0 aliphatic carbocycles. The first-order valence-electron chi connectivity index (χ1n) is 12.0. The Morgan fingerprint density at radius 1 is 1.03 bits per heavy atom. The molecule has 2 heterocycles. The van der Waals surface area contributed by atoms with E-state index in [0.29, 0.717) is 19.7 Å². The Hall–Kier alpha value is -3.05. The van der Waals surface area contributed by atoms with Crippen LogP contribution in [0.3, 0.4) is 0 Å². The summed E-state index contributed by atoms with van der Waals surface area (Å²) in [7, 11) is 3.78. The minimum Gasteiger partial charge on any atom is -0.383 e. The van der Waals surface area contributed by atoms with Gasteiger partial charge in [0.2, 0.25) is 5.91 Å². The van der Waals surface area contributed by atoms with Crippen molar-refractivity contribution >= 4 is 17.3 Å². The molecule has 0 fully saturated rings. The summed E-state index contributed by atoms with van der Waals surface area (Å²) in [6, 6.07) is 17.1. The van der Waals surface area contributed by atoms with Crippen molar-refractivity contribution in [1.29, 1.82) is 0 Å². The first-order chi connectivity index (χ1) is 16.2. The fourth-order valence-corrected chi connectivity index (χ4v) is 5.55. The molecule has 34 heavy (non-hydrogen) atoms. The van der Waals surface area contributed by atoms with Gasteiger partial charge in [-0.05, 0) is 29.3 Å². The summed E-state index contributed by atoms with van der Waals surface area (Å²) in [6.45, 7) is 10.4. The number of nitrogens with one attached hydrogen (secondary N) is 1. The monoisotopic (exact) mass is 459 g/mol. The van der Waals surface area contributed by atoms with Crippen LogP contribution in [0.15, 0.2) is 72.5 Å². The molecular formula is C29H37N3O2. The molecule has 0 saturated heterocycles. The lowest BCUT2D eigenvalue weighted by Gasteiger charge is -2.32. The molecular weight excluding hydrogens is 422 g/mol. The van der Waals surface area contributed by atoms with E-state index in [1.807, 2.05) is 6.07 Å². The average Bonchev–Trinajstić information content (AvgIpc) is 3.14. The van der Waals surface area contributed by atoms with Gasteiger partial charge in [0.25, 0.3) is 0 Å². The van der Waals surface area contributed by atoms with Gasteiger partial charge in [0.15, 0.2) is 0 Å². The van der Waals surface area contributed by atoms with Gasteiger partial charge in [0.05, 0.1) is 19.2 Å². The van der Waals surface area contributed by atoms with Gasteiger partial charge in [0, 0.05) is 48.6 Å². The predicted molar refractivity (Wildman–Crippen MR) is 141 cm³/mol. The second-order valence-corrected chi connectivity index (χ2v) is 10.3. The SMILES string of the molecule is COCCNC(=O)CN1c2ccccc2C(C)(C)C1/C=C/C=C1/N(C)c2ccccc2C1(C)C. The first kappa shape index (κ1) is 24.1. The van der Waals surface area contributed by atoms with E-state index in [1.165, 1.54) is 22.5 Å². The average molecular weight is 460 g/mol. The van der Waals surface area contributed by atoms with E-state index in [4.69, 9.17) is 4.74 Å². The van der Waals surface area contributed by atoms with E-state index in [2.05, 4.69) is 111 Å². The predicted octanol–water partition coefficient (Wildman–Crippen LogP) is 4.78. The highest BCUT2D eigenvalue weighted by Gasteiger charge is 2.43. The molecule has 5 nitrogen and oxygen atoms in total. The number of ether oxygens (including phenoxy) is 1. The molecule has 0 radical (unpaired) electrons. The van der Waals surface area contributed by atoms with Crippen molar-refractivity contribution in [3.8, 4) is 0 Å². The molecule has 5 heteroatoms. The first-order valence-corrected chi connectivity index (χ1v) is 12.0. The molecule has 180 valence electrons. The number of rotatable bonds is 7. The normalized spacial score (nSPS) is 21.2. The number of anilines is 2. The molecule has 2 aromatic carbocycles. The Bertz CT molecular complexity index is 1120. The van der Waals surface area contributed by atoms with Crippen molar-refractivity contribution in [2.45, 2.75) is 44.6 Å². The Kier molecular flexibility index (Phi) is 6.59. The maximum Gasteiger partial charge on any atom is 0.239 e. The van der Waals surface area contributed by atoms with E-state index >= 15 is 0 Å². The topological polar surface area (TPSA) is 44.8 Å². The number of allylic oxidation sites excluding steroid dienone is 3. The Morgan fingerprint density at radius 3 is 2.35 bits per heavy atom. The van der Waals surface area contributed by atoms with Crippen molar-refractivity contribution in [3.05, 3.63) is 83.6 Å². The molecule has 2 aliphatic rings. The van der Waals surface area contributed by atoms with Crippen LogP contribution >= 0.6 is 0 Å². The van der Waals surface area contributed by atoms with Gasteiger partial charge in [-0.25, -0.2) is 0 Å². The third kappa shape index (κ3) is 4.14. The highest BCUT2D eigenvalue weighted by atomic mass is 16.5. The van der Waals surface area contributed by atoms with Gasteiger partial charge in [-0.1, -0.05) is 76.2 Å². The van der Waals surface area contributed by atoms with Gasteiger partial charge >= 0.3 is 0 Å². The number of methoxy groups -OCH3 is 1. The third-order valence-corrected chi connectivity index (χ3v) is 7.41. The number of carbonyl (C=O) groups is 1. The lowest BCUT2D eigenvalue weighted by Crippen LogP contribution is -2.45. The third-order valence-electron chi connectivity index (χ3n) is 7.41. The van der Waals surface area contributed by atoms with E-state index in [0.717, 1.165) is 5.69 Å². The summed E-state index contributed by atoms with van der Waals surface area (Å²) in [6.07, 6.45) is 6.66. The van der Waals surface area contributed by atoms with Crippen LogP contribution in [-0.4, -0.2) is 45.8 Å². The number of benzene rings is 2. The van der Waals surface area contributed by atoms with Crippen LogP contribution in [0, 0.1) is 0 Å². The number of hydrogen-bond acceptors (Lipinski definition) is 4. The van der Waals surface area contributed by atoms with E-state index < -0.39 is 0 Å². The van der Waals surface area contributed by atoms with Crippen LogP contribution < -0.4 is 15.1 Å². The second kappa shape index (κ2) is 9.30. The van der Waals surface area contributed by atoms with Gasteiger partial charge in [-0.3, -0.25) is 4.79 Å². The van der Waals surface area contributed by atoms with Crippen molar-refractivity contribution in [2.24, 2.45) is 0 Å². The van der Waals surface area contributed by atoms with E-state index in [9.17, 15) is 4.79 Å². The van der Waals surface area contributed by atoms with Crippen LogP contribution in [0.2, 0.25) is 0 Å². The summed E-state index contributed by atoms with van der Waals surface area (Å²) >= 11 is 0. The summed E-state index contributed by atoms with van der Waals surface area (Å²) in [5, 5.41) is 2.97. The van der Waals surface area contributed by atoms with Crippen molar-refractivity contribution < 1.29 is 9.53 Å². The summed E-state index contributed by atoms with van der Waals surface area (Å²) in [5.74, 6) is 0.00779. The maximum absolute atomic E-state index is 12.7. The molecule has 1 N–H and O–H groups in total. The van der Waals surface area contributed by atoms with Crippen LogP contribution in [0.5, 0.6) is 0 Å². The van der Waals surface area contributed by atoms with Crippen molar-refractivity contribution in [3.63, 3.8) is 0 Å². The minimum absolute atomic E-state index is 0.00779. The number of fused-ring (bicyclic) bond motifs is 2. The maximum atomic E-state index is 12.7. The zero-order valence-electron chi connectivity index (χ0n) is 21.3. The Balaban J connectivity index is 1.62. The van der Waals surface area contributed by atoms with Gasteiger partial charge in [-0.15, -0.1) is 0 Å². The number of carbonyl (C=O) groups excluding carboxylic acids is 1. The highest BCUT2D eigenvalue weighted by Crippen LogP contribution is 2.47. The molecule has 2 aliphatic heterocycles. The molecule has 2 aromatic rings. The fourth-order valence-electron chi connectivity index (χ4n) is 5.55. The lowest BCUT2D eigenvalue weighted by molar-refractivity contribution is -0.120. The number of amides is 1. The summed E-state index contributed by atoms with van der Waals surface area (Å²) in [5.41, 5.74) is 6.08. The number of likely N-dealkylation sites (N-methyl/N-ethyl adjacent to an activating group) is 1. The van der Waals surface area contributed by atoms with Gasteiger partial charge < -0.3 is 19.9 Å². The minimum atomic E-state index is -0.127. The van der Waals surface area contributed by atoms with Crippen LogP contribution in [0.4, 0.5) is 11.4 Å². The van der Waals surface area contributed by atoms with Crippen molar-refractivity contribution in [2.75, 3.05) is 43.7 Å². The van der Waals surface area contributed by atoms with E-state index in [1.54, 1.807) is 7.11 Å². The highest BCUT2D eigenvalue weighted by molar-refractivity contribution is 5.83. The molecule has 0 bridgehead atoms. The largest absolute Gasteiger partial charge is 0.383 e. The van der Waals surface area contributed by atoms with Crippen LogP contribution in [0.1, 0.15) is 38.8 Å². The number of para-hydroxylation sites is 2. The van der Waals surface area contributed by atoms with Crippen LogP contribution in [-0.2, 0) is 20.4 Å². The number of nitrogens with zero attached hydrogens (tertiary/aromatic N) is 2. The van der Waals surface area contributed by atoms with E-state index in [-0.39, 0.29) is 22.8 Å². The number of hydrogen-bond donors (Lipinski definition) is 1. The molecule has 0 aromatic heterocycles. The van der Waals surface area contributed by atoms with Gasteiger partial charge in [-0.2, -0.15) is 0 Å². The molecule has 1 amide bonds. The zero-order chi connectivity index (χ0) is 24.5. The van der Waals surface area contributed by atoms with Gasteiger partial charge in [0.1, 0.15) is 0 Å². The molecule has 0 saturated carbocycles. The Labute approximate surface area is 204 Å². The quantitative estimate of drug-likeness (QED) is 0.605. The molecule has 1 unspecified atom stereocenters. The van der Waals surface area contributed by atoms with Crippen LogP contribution in [0.25, 0.3) is 0 Å². The Morgan fingerprint density at radius 2 is 1.68 bits per heavy atom. The van der Waals surface area contributed by atoms with Crippen molar-refractivity contribution in [1.82, 2.24) is 5.32 Å². The molecule has 0 spiro atoms. The fraction of sp³-hybridized carbons (Fsp3) is 0.414. The second-order valence-electron chi connectivity index (χ2n) is 10.3. The smallest absolute Gasteiger partial charge is 0.239 e. The lowest BCUT2D eigenvalue weighted by atomic mass is 9.80.